The fourth-order valence-electron chi connectivity index (χ4n) is 2.11. The molecule has 0 aromatic heterocycles. The summed E-state index contributed by atoms with van der Waals surface area (Å²) in [5, 5.41) is 3.42. The molecule has 1 aromatic carbocycles. The molecule has 1 aromatic rings. The topological polar surface area (TPSA) is 36.9 Å². The van der Waals surface area contributed by atoms with E-state index >= 15 is 0 Å². The van der Waals surface area contributed by atoms with Crippen LogP contribution in [0, 0.1) is 5.92 Å². The summed E-state index contributed by atoms with van der Waals surface area (Å²) in [4.78, 5) is 6.46. The van der Waals surface area contributed by atoms with Gasteiger partial charge in [0.05, 0.1) is 7.11 Å². The number of benzene rings is 1. The zero-order valence-corrected chi connectivity index (χ0v) is 12.0. The maximum absolute atomic E-state index is 5.38. The lowest BCUT2D eigenvalue weighted by atomic mass is 10.2. The van der Waals surface area contributed by atoms with E-state index in [0.29, 0.717) is 0 Å². The Balaban J connectivity index is 1.95. The summed E-state index contributed by atoms with van der Waals surface area (Å²) in [6.45, 7) is 1.82. The minimum atomic E-state index is 0.786. The molecular formula is C15H23N3O. The highest BCUT2D eigenvalue weighted by Crippen LogP contribution is 2.27. The van der Waals surface area contributed by atoms with Crippen molar-refractivity contribution in [1.82, 2.24) is 10.2 Å². The lowest BCUT2D eigenvalue weighted by Crippen LogP contribution is -2.39. The Kier molecular flexibility index (Phi) is 4.66. The van der Waals surface area contributed by atoms with Gasteiger partial charge in [-0.1, -0.05) is 18.2 Å². The number of ether oxygens (including phenoxy) is 1. The Hall–Kier alpha value is -1.71. The van der Waals surface area contributed by atoms with Crippen LogP contribution in [0.25, 0.3) is 0 Å². The van der Waals surface area contributed by atoms with Gasteiger partial charge in [0.2, 0.25) is 0 Å². The zero-order valence-electron chi connectivity index (χ0n) is 12.0. The van der Waals surface area contributed by atoms with Gasteiger partial charge in [-0.05, 0) is 24.8 Å². The standard InChI is InChI=1S/C15H23N3O/c1-16-15(17-10-12-8-9-12)18(2)11-13-6-4-5-7-14(13)19-3/h4-7,12H,8-11H2,1-3H3,(H,16,17). The molecule has 0 radical (unpaired) electrons. The number of nitrogens with one attached hydrogen (secondary N) is 1. The van der Waals surface area contributed by atoms with Crippen molar-refractivity contribution in [2.24, 2.45) is 10.9 Å². The van der Waals surface area contributed by atoms with Crippen LogP contribution in [-0.4, -0.2) is 38.6 Å². The number of aliphatic imine (C=N–C) groups is 1. The van der Waals surface area contributed by atoms with Gasteiger partial charge in [-0.2, -0.15) is 0 Å². The molecule has 0 atom stereocenters. The minimum absolute atomic E-state index is 0.786. The summed E-state index contributed by atoms with van der Waals surface area (Å²) in [7, 11) is 5.58. The predicted octanol–water partition coefficient (Wildman–Crippen LogP) is 2.11. The molecule has 0 spiro atoms. The van der Waals surface area contributed by atoms with Crippen molar-refractivity contribution in [3.63, 3.8) is 0 Å². The minimum Gasteiger partial charge on any atom is -0.496 e. The SMILES string of the molecule is CN=C(NCC1CC1)N(C)Cc1ccccc1OC. The molecule has 0 heterocycles. The van der Waals surface area contributed by atoms with Crippen molar-refractivity contribution in [3.8, 4) is 5.75 Å². The Labute approximate surface area is 115 Å². The monoisotopic (exact) mass is 261 g/mol. The number of rotatable bonds is 5. The van der Waals surface area contributed by atoms with E-state index in [-0.39, 0.29) is 0 Å². The van der Waals surface area contributed by atoms with Crippen LogP contribution >= 0.6 is 0 Å². The molecule has 1 aliphatic carbocycles. The van der Waals surface area contributed by atoms with Gasteiger partial charge in [0.25, 0.3) is 0 Å². The van der Waals surface area contributed by atoms with Gasteiger partial charge in [0.1, 0.15) is 5.75 Å². The van der Waals surface area contributed by atoms with Gasteiger partial charge >= 0.3 is 0 Å². The average molecular weight is 261 g/mol. The number of guanidine groups is 1. The summed E-state index contributed by atoms with van der Waals surface area (Å²) in [6, 6.07) is 8.10. The van der Waals surface area contributed by atoms with E-state index in [4.69, 9.17) is 4.74 Å². The molecule has 19 heavy (non-hydrogen) atoms. The number of hydrogen-bond acceptors (Lipinski definition) is 2. The summed E-state index contributed by atoms with van der Waals surface area (Å²) < 4.78 is 5.38. The van der Waals surface area contributed by atoms with E-state index in [9.17, 15) is 0 Å². The smallest absolute Gasteiger partial charge is 0.193 e. The van der Waals surface area contributed by atoms with Crippen LogP contribution in [0.3, 0.4) is 0 Å². The van der Waals surface area contributed by atoms with Crippen molar-refractivity contribution in [3.05, 3.63) is 29.8 Å². The zero-order chi connectivity index (χ0) is 13.7. The van der Waals surface area contributed by atoms with Gasteiger partial charge in [0.15, 0.2) is 5.96 Å². The van der Waals surface area contributed by atoms with Gasteiger partial charge < -0.3 is 15.0 Å². The van der Waals surface area contributed by atoms with Crippen molar-refractivity contribution in [2.75, 3.05) is 27.7 Å². The maximum Gasteiger partial charge on any atom is 0.193 e. The van der Waals surface area contributed by atoms with Crippen molar-refractivity contribution in [1.29, 1.82) is 0 Å². The number of hydrogen-bond donors (Lipinski definition) is 1. The molecule has 1 saturated carbocycles. The van der Waals surface area contributed by atoms with E-state index in [0.717, 1.165) is 30.7 Å². The largest absolute Gasteiger partial charge is 0.496 e. The summed E-state index contributed by atoms with van der Waals surface area (Å²) in [5.41, 5.74) is 1.17. The lowest BCUT2D eigenvalue weighted by Gasteiger charge is -2.23. The van der Waals surface area contributed by atoms with Crippen LogP contribution < -0.4 is 10.1 Å². The van der Waals surface area contributed by atoms with Gasteiger partial charge in [-0.15, -0.1) is 0 Å². The van der Waals surface area contributed by atoms with E-state index in [1.807, 2.05) is 25.2 Å². The molecule has 0 saturated heterocycles. The Morgan fingerprint density at radius 1 is 1.42 bits per heavy atom. The third kappa shape index (κ3) is 3.88. The molecular weight excluding hydrogens is 238 g/mol. The first-order chi connectivity index (χ1) is 9.24. The van der Waals surface area contributed by atoms with Crippen LogP contribution in [0.15, 0.2) is 29.3 Å². The van der Waals surface area contributed by atoms with Crippen molar-refractivity contribution >= 4 is 5.96 Å². The first-order valence-corrected chi connectivity index (χ1v) is 6.78. The molecule has 1 fully saturated rings. The summed E-state index contributed by atoms with van der Waals surface area (Å²) in [5.74, 6) is 2.71. The Morgan fingerprint density at radius 3 is 2.79 bits per heavy atom. The van der Waals surface area contributed by atoms with Crippen LogP contribution in [0.1, 0.15) is 18.4 Å². The van der Waals surface area contributed by atoms with Crippen LogP contribution in [-0.2, 0) is 6.54 Å². The lowest BCUT2D eigenvalue weighted by molar-refractivity contribution is 0.396. The molecule has 2 rings (SSSR count). The average Bonchev–Trinajstić information content (AvgIpc) is 3.24. The maximum atomic E-state index is 5.38. The molecule has 0 aliphatic heterocycles. The van der Waals surface area contributed by atoms with Crippen LogP contribution in [0.5, 0.6) is 5.75 Å². The molecule has 104 valence electrons. The van der Waals surface area contributed by atoms with E-state index in [2.05, 4.69) is 28.3 Å². The fraction of sp³-hybridized carbons (Fsp3) is 0.533. The highest BCUT2D eigenvalue weighted by Gasteiger charge is 2.21. The van der Waals surface area contributed by atoms with E-state index < -0.39 is 0 Å². The summed E-state index contributed by atoms with van der Waals surface area (Å²) >= 11 is 0. The molecule has 0 unspecified atom stereocenters. The molecule has 1 aliphatic rings. The quantitative estimate of drug-likeness (QED) is 0.651. The first-order valence-electron chi connectivity index (χ1n) is 6.78. The molecule has 0 bridgehead atoms. The Morgan fingerprint density at radius 2 is 2.16 bits per heavy atom. The molecule has 0 amide bonds. The van der Waals surface area contributed by atoms with Crippen molar-refractivity contribution in [2.45, 2.75) is 19.4 Å². The molecule has 4 heteroatoms. The number of nitrogens with zero attached hydrogens (tertiary/aromatic N) is 2. The molecule has 4 nitrogen and oxygen atoms in total. The summed E-state index contributed by atoms with van der Waals surface area (Å²) in [6.07, 6.45) is 2.69. The van der Waals surface area contributed by atoms with E-state index in [1.165, 1.54) is 18.4 Å². The van der Waals surface area contributed by atoms with E-state index in [1.54, 1.807) is 7.11 Å². The van der Waals surface area contributed by atoms with Crippen molar-refractivity contribution < 1.29 is 4.74 Å². The van der Waals surface area contributed by atoms with Gasteiger partial charge in [0, 0.05) is 32.7 Å². The Bertz CT molecular complexity index is 441. The number of para-hydroxylation sites is 1. The fourth-order valence-corrected chi connectivity index (χ4v) is 2.11. The van der Waals surface area contributed by atoms with Gasteiger partial charge in [-0.25, -0.2) is 0 Å². The normalized spacial score (nSPS) is 15.2. The second-order valence-corrected chi connectivity index (χ2v) is 5.04. The second kappa shape index (κ2) is 6.45. The predicted molar refractivity (Wildman–Crippen MR) is 78.5 cm³/mol. The highest BCUT2D eigenvalue weighted by molar-refractivity contribution is 5.79. The molecule has 1 N–H and O–H groups in total. The van der Waals surface area contributed by atoms with Crippen LogP contribution in [0.4, 0.5) is 0 Å². The second-order valence-electron chi connectivity index (χ2n) is 5.04. The first kappa shape index (κ1) is 13.7. The number of methoxy groups -OCH3 is 1. The van der Waals surface area contributed by atoms with Gasteiger partial charge in [-0.3, -0.25) is 4.99 Å². The third-order valence-corrected chi connectivity index (χ3v) is 3.42. The highest BCUT2D eigenvalue weighted by atomic mass is 16.5. The van der Waals surface area contributed by atoms with Crippen LogP contribution in [0.2, 0.25) is 0 Å². The third-order valence-electron chi connectivity index (χ3n) is 3.42.